The van der Waals surface area contributed by atoms with Crippen LogP contribution in [0.3, 0.4) is 0 Å². The van der Waals surface area contributed by atoms with Gasteiger partial charge in [-0.3, -0.25) is 4.79 Å². The minimum Gasteiger partial charge on any atom is -0.472 e. The molecule has 9 atom stereocenters. The van der Waals surface area contributed by atoms with Crippen molar-refractivity contribution in [2.24, 2.45) is 17.8 Å². The Morgan fingerprint density at radius 1 is 1.22 bits per heavy atom. The average Bonchev–Trinajstić information content (AvgIpc) is 2.96. The molecule has 0 aromatic rings. The van der Waals surface area contributed by atoms with Gasteiger partial charge in [0.15, 0.2) is 6.29 Å². The van der Waals surface area contributed by atoms with Gasteiger partial charge in [0, 0.05) is 24.2 Å². The van der Waals surface area contributed by atoms with Crippen molar-refractivity contribution < 1.29 is 49.0 Å². The summed E-state index contributed by atoms with van der Waals surface area (Å²) < 4.78 is 21.2. The Bertz CT molecular complexity index is 617. The van der Waals surface area contributed by atoms with Gasteiger partial charge in [-0.05, 0) is 0 Å². The molecular weight excluding hydrogens is 364 g/mol. The summed E-state index contributed by atoms with van der Waals surface area (Å²) in [6.07, 6.45) is -6.96. The smallest absolute Gasteiger partial charge is 0.337 e. The van der Waals surface area contributed by atoms with Crippen molar-refractivity contribution in [3.05, 3.63) is 11.8 Å². The number of methoxy groups -OCH3 is 1. The minimum atomic E-state index is -1.59. The molecule has 2 heterocycles. The zero-order valence-corrected chi connectivity index (χ0v) is 14.9. The second kappa shape index (κ2) is 7.82. The number of esters is 1. The molecule has 4 unspecified atom stereocenters. The van der Waals surface area contributed by atoms with Crippen molar-refractivity contribution in [3.63, 3.8) is 0 Å². The summed E-state index contributed by atoms with van der Waals surface area (Å²) in [4.78, 5) is 24.2. The van der Waals surface area contributed by atoms with Crippen LogP contribution in [0.2, 0.25) is 0 Å². The van der Waals surface area contributed by atoms with Gasteiger partial charge in [-0.1, -0.05) is 6.92 Å². The molecule has 3 rings (SSSR count). The number of hydrogen-bond donors (Lipinski definition) is 4. The number of ether oxygens (including phenoxy) is 4. The van der Waals surface area contributed by atoms with Gasteiger partial charge < -0.3 is 39.4 Å². The molecule has 1 saturated heterocycles. The summed E-state index contributed by atoms with van der Waals surface area (Å²) in [5.41, 5.74) is 0.230. The van der Waals surface area contributed by atoms with Crippen molar-refractivity contribution in [3.8, 4) is 0 Å². The summed E-state index contributed by atoms with van der Waals surface area (Å²) >= 11 is 0. The highest BCUT2D eigenvalue weighted by molar-refractivity contribution is 5.92. The summed E-state index contributed by atoms with van der Waals surface area (Å²) in [6, 6.07) is 0. The lowest BCUT2D eigenvalue weighted by Crippen LogP contribution is -2.60. The van der Waals surface area contributed by atoms with Crippen molar-refractivity contribution in [2.75, 3.05) is 13.7 Å². The Morgan fingerprint density at radius 3 is 2.56 bits per heavy atom. The first kappa shape index (κ1) is 20.2. The van der Waals surface area contributed by atoms with Gasteiger partial charge in [0.2, 0.25) is 6.29 Å². The monoisotopic (exact) mass is 388 g/mol. The van der Waals surface area contributed by atoms with Crippen LogP contribution < -0.4 is 0 Å². The first-order valence-corrected chi connectivity index (χ1v) is 8.72. The highest BCUT2D eigenvalue weighted by atomic mass is 16.8. The molecule has 3 aliphatic rings. The number of fused-ring (bicyclic) bond motifs is 1. The normalized spacial score (nSPS) is 44.3. The first-order chi connectivity index (χ1) is 12.8. The number of ketones is 1. The molecule has 0 aromatic heterocycles. The maximum Gasteiger partial charge on any atom is 0.337 e. The third-order valence-electron chi connectivity index (χ3n) is 5.55. The SMILES string of the molecule is COC(=O)C1=COC(O[C@@H]2O[C@H](CO)[C@@H](O)[C@H](O)[C@H]2O)C2C(C)C(=O)CC12. The molecule has 0 amide bonds. The Labute approximate surface area is 155 Å². The predicted molar refractivity (Wildman–Crippen MR) is 85.6 cm³/mol. The lowest BCUT2D eigenvalue weighted by Gasteiger charge is -2.42. The van der Waals surface area contributed by atoms with E-state index in [1.807, 2.05) is 0 Å². The van der Waals surface area contributed by atoms with Crippen molar-refractivity contribution >= 4 is 11.8 Å². The highest BCUT2D eigenvalue weighted by Crippen LogP contribution is 2.45. The summed E-state index contributed by atoms with van der Waals surface area (Å²) in [6.45, 7) is 1.10. The summed E-state index contributed by atoms with van der Waals surface area (Å²) in [5.74, 6) is -2.13. The molecule has 0 spiro atoms. The number of rotatable bonds is 4. The molecule has 0 bridgehead atoms. The van der Waals surface area contributed by atoms with E-state index in [1.165, 1.54) is 13.4 Å². The first-order valence-electron chi connectivity index (χ1n) is 8.72. The molecule has 2 aliphatic heterocycles. The van der Waals surface area contributed by atoms with Gasteiger partial charge in [-0.2, -0.15) is 0 Å². The van der Waals surface area contributed by atoms with Crippen LogP contribution in [0.5, 0.6) is 0 Å². The third-order valence-corrected chi connectivity index (χ3v) is 5.55. The minimum absolute atomic E-state index is 0.0623. The van der Waals surface area contributed by atoms with Gasteiger partial charge in [0.1, 0.15) is 30.2 Å². The predicted octanol–water partition coefficient (Wildman–Crippen LogP) is -1.94. The van der Waals surface area contributed by atoms with E-state index in [4.69, 9.17) is 18.9 Å². The molecule has 1 saturated carbocycles. The van der Waals surface area contributed by atoms with E-state index >= 15 is 0 Å². The summed E-state index contributed by atoms with van der Waals surface area (Å²) in [5, 5.41) is 39.1. The van der Waals surface area contributed by atoms with Crippen LogP contribution in [0.15, 0.2) is 11.8 Å². The number of carbonyl (C=O) groups is 2. The van der Waals surface area contributed by atoms with Gasteiger partial charge >= 0.3 is 5.97 Å². The van der Waals surface area contributed by atoms with Crippen LogP contribution in [0, 0.1) is 17.8 Å². The van der Waals surface area contributed by atoms with Gasteiger partial charge in [-0.25, -0.2) is 4.79 Å². The number of aliphatic hydroxyl groups is 4. The number of Topliss-reactive ketones (excluding diaryl/α,β-unsaturated/α-hetero) is 1. The molecule has 27 heavy (non-hydrogen) atoms. The molecular formula is C17H24O10. The Hall–Kier alpha value is -1.56. The number of aliphatic hydroxyl groups excluding tert-OH is 4. The highest BCUT2D eigenvalue weighted by Gasteiger charge is 2.53. The van der Waals surface area contributed by atoms with E-state index in [9.17, 15) is 30.0 Å². The van der Waals surface area contributed by atoms with Crippen LogP contribution in [-0.4, -0.2) is 82.9 Å². The lowest BCUT2D eigenvalue weighted by molar-refractivity contribution is -0.342. The molecule has 1 aliphatic carbocycles. The zero-order valence-electron chi connectivity index (χ0n) is 14.9. The van der Waals surface area contributed by atoms with Crippen molar-refractivity contribution in [1.29, 1.82) is 0 Å². The van der Waals surface area contributed by atoms with Gasteiger partial charge in [-0.15, -0.1) is 0 Å². The Kier molecular flexibility index (Phi) is 5.84. The van der Waals surface area contributed by atoms with E-state index in [2.05, 4.69) is 0 Å². The fraction of sp³-hybridized carbons (Fsp3) is 0.765. The zero-order chi connectivity index (χ0) is 19.9. The lowest BCUT2D eigenvalue weighted by atomic mass is 9.83. The molecule has 10 nitrogen and oxygen atoms in total. The molecule has 0 aromatic carbocycles. The molecule has 152 valence electrons. The maximum absolute atomic E-state index is 12.2. The topological polar surface area (TPSA) is 152 Å². The van der Waals surface area contributed by atoms with Gasteiger partial charge in [0.05, 0.1) is 25.6 Å². The number of carbonyl (C=O) groups excluding carboxylic acids is 2. The average molecular weight is 388 g/mol. The Morgan fingerprint density at radius 2 is 1.93 bits per heavy atom. The second-order valence-corrected chi connectivity index (χ2v) is 7.05. The largest absolute Gasteiger partial charge is 0.472 e. The molecule has 2 fully saturated rings. The van der Waals surface area contributed by atoms with E-state index in [-0.39, 0.29) is 17.8 Å². The van der Waals surface area contributed by atoms with Crippen molar-refractivity contribution in [2.45, 2.75) is 50.3 Å². The molecule has 10 heteroatoms. The van der Waals surface area contributed by atoms with Crippen LogP contribution in [0.1, 0.15) is 13.3 Å². The standard InChI is InChI=1S/C17H24O10/c1-6-9(19)3-7-8(15(23)24-2)5-25-16(11(6)7)27-17-14(22)13(21)12(20)10(4-18)26-17/h5-7,10-14,16-18,20-22H,3-4H2,1-2H3/t6?,7?,10-,11?,12-,13+,14-,16?,17+/m1/s1. The van der Waals surface area contributed by atoms with E-state index in [1.54, 1.807) is 6.92 Å². The quantitative estimate of drug-likeness (QED) is 0.400. The number of hydrogen-bond acceptors (Lipinski definition) is 10. The fourth-order valence-corrected chi connectivity index (χ4v) is 3.92. The molecule has 0 radical (unpaired) electrons. The second-order valence-electron chi connectivity index (χ2n) is 7.05. The van der Waals surface area contributed by atoms with Gasteiger partial charge in [0.25, 0.3) is 0 Å². The maximum atomic E-state index is 12.2. The fourth-order valence-electron chi connectivity index (χ4n) is 3.92. The van der Waals surface area contributed by atoms with Crippen LogP contribution in [0.4, 0.5) is 0 Å². The van der Waals surface area contributed by atoms with Crippen LogP contribution in [0.25, 0.3) is 0 Å². The van der Waals surface area contributed by atoms with Crippen molar-refractivity contribution in [1.82, 2.24) is 0 Å². The summed E-state index contributed by atoms with van der Waals surface area (Å²) in [7, 11) is 1.23. The molecule has 4 N–H and O–H groups in total. The van der Waals surface area contributed by atoms with Crippen LogP contribution >= 0.6 is 0 Å². The van der Waals surface area contributed by atoms with Crippen LogP contribution in [-0.2, 0) is 28.5 Å². The Balaban J connectivity index is 1.81. The third kappa shape index (κ3) is 3.48. The van der Waals surface area contributed by atoms with E-state index < -0.39 is 67.3 Å². The van der Waals surface area contributed by atoms with E-state index in [0.29, 0.717) is 0 Å². The van der Waals surface area contributed by atoms with E-state index in [0.717, 1.165) is 0 Å².